The molecular formula is C16H23N3OS. The van der Waals surface area contributed by atoms with Gasteiger partial charge in [0.25, 0.3) is 0 Å². The molecule has 4 nitrogen and oxygen atoms in total. The van der Waals surface area contributed by atoms with Crippen LogP contribution in [0.5, 0.6) is 5.75 Å². The lowest BCUT2D eigenvalue weighted by Crippen LogP contribution is -2.09. The molecule has 0 aliphatic heterocycles. The van der Waals surface area contributed by atoms with E-state index in [1.807, 2.05) is 38.4 Å². The average Bonchev–Trinajstić information content (AvgIpc) is 2.91. The molecule has 0 saturated carbocycles. The molecule has 1 aromatic carbocycles. The van der Waals surface area contributed by atoms with Gasteiger partial charge in [-0.1, -0.05) is 25.2 Å². The van der Waals surface area contributed by atoms with E-state index in [0.717, 1.165) is 23.1 Å². The summed E-state index contributed by atoms with van der Waals surface area (Å²) in [6.07, 6.45) is 0. The van der Waals surface area contributed by atoms with E-state index < -0.39 is 0 Å². The Hall–Kier alpha value is -1.59. The van der Waals surface area contributed by atoms with Crippen LogP contribution in [0.25, 0.3) is 0 Å². The lowest BCUT2D eigenvalue weighted by atomic mass is 10.1. The van der Waals surface area contributed by atoms with Gasteiger partial charge in [-0.25, -0.2) is 4.98 Å². The van der Waals surface area contributed by atoms with E-state index in [1.54, 1.807) is 18.4 Å². The Kier molecular flexibility index (Phi) is 5.20. The van der Waals surface area contributed by atoms with Gasteiger partial charge in [0, 0.05) is 24.2 Å². The number of thiazole rings is 1. The zero-order valence-corrected chi connectivity index (χ0v) is 14.1. The number of hydrogen-bond acceptors (Lipinski definition) is 5. The van der Waals surface area contributed by atoms with Gasteiger partial charge in [-0.05, 0) is 37.2 Å². The second kappa shape index (κ2) is 6.91. The predicted molar refractivity (Wildman–Crippen MR) is 90.0 cm³/mol. The SMILES string of the molecule is CNCc1sc(N(C)c2ccc(OC)cc2)nc1C(C)C. The first-order valence-electron chi connectivity index (χ1n) is 7.08. The van der Waals surface area contributed by atoms with Gasteiger partial charge < -0.3 is 15.0 Å². The Morgan fingerprint density at radius 1 is 1.29 bits per heavy atom. The molecule has 0 atom stereocenters. The standard InChI is InChI=1S/C16H23N3OS/c1-11(2)15-14(10-17-3)21-16(18-15)19(4)12-6-8-13(20-5)9-7-12/h6-9,11,17H,10H2,1-5H3. The van der Waals surface area contributed by atoms with E-state index in [2.05, 4.69) is 24.1 Å². The van der Waals surface area contributed by atoms with Crippen molar-refractivity contribution in [2.24, 2.45) is 0 Å². The molecule has 114 valence electrons. The van der Waals surface area contributed by atoms with E-state index in [1.165, 1.54) is 10.6 Å². The maximum atomic E-state index is 5.20. The van der Waals surface area contributed by atoms with E-state index >= 15 is 0 Å². The van der Waals surface area contributed by atoms with Crippen LogP contribution in [0.2, 0.25) is 0 Å². The normalized spacial score (nSPS) is 11.0. The van der Waals surface area contributed by atoms with Crippen molar-refractivity contribution in [3.8, 4) is 5.75 Å². The van der Waals surface area contributed by atoms with Crippen LogP contribution in [-0.4, -0.2) is 26.2 Å². The van der Waals surface area contributed by atoms with Crippen LogP contribution < -0.4 is 15.0 Å². The van der Waals surface area contributed by atoms with Crippen LogP contribution in [0.15, 0.2) is 24.3 Å². The summed E-state index contributed by atoms with van der Waals surface area (Å²) in [6, 6.07) is 8.04. The molecule has 21 heavy (non-hydrogen) atoms. The number of rotatable bonds is 6. The zero-order valence-electron chi connectivity index (χ0n) is 13.3. The highest BCUT2D eigenvalue weighted by Crippen LogP contribution is 2.34. The lowest BCUT2D eigenvalue weighted by Gasteiger charge is -2.16. The van der Waals surface area contributed by atoms with Crippen LogP contribution in [0, 0.1) is 0 Å². The molecule has 0 saturated heterocycles. The maximum Gasteiger partial charge on any atom is 0.190 e. The monoisotopic (exact) mass is 305 g/mol. The molecule has 0 bridgehead atoms. The summed E-state index contributed by atoms with van der Waals surface area (Å²) in [5.74, 6) is 1.30. The number of ether oxygens (including phenoxy) is 1. The Labute approximate surface area is 130 Å². The van der Waals surface area contributed by atoms with Crippen molar-refractivity contribution in [1.29, 1.82) is 0 Å². The minimum absolute atomic E-state index is 0.433. The number of anilines is 2. The van der Waals surface area contributed by atoms with E-state index in [-0.39, 0.29) is 0 Å². The fourth-order valence-corrected chi connectivity index (χ4v) is 3.36. The Bertz CT molecular complexity index is 578. The number of methoxy groups -OCH3 is 1. The van der Waals surface area contributed by atoms with E-state index in [9.17, 15) is 0 Å². The van der Waals surface area contributed by atoms with Gasteiger partial charge in [-0.15, -0.1) is 0 Å². The van der Waals surface area contributed by atoms with Gasteiger partial charge in [-0.3, -0.25) is 0 Å². The van der Waals surface area contributed by atoms with E-state index in [0.29, 0.717) is 5.92 Å². The predicted octanol–water partition coefficient (Wildman–Crippen LogP) is 3.76. The van der Waals surface area contributed by atoms with Crippen LogP contribution in [0.4, 0.5) is 10.8 Å². The molecule has 0 aliphatic rings. The van der Waals surface area contributed by atoms with Crippen LogP contribution in [0.1, 0.15) is 30.3 Å². The third-order valence-electron chi connectivity index (χ3n) is 3.35. The molecule has 0 spiro atoms. The number of nitrogens with zero attached hydrogens (tertiary/aromatic N) is 2. The summed E-state index contributed by atoms with van der Waals surface area (Å²) in [5, 5.41) is 4.24. The molecule has 5 heteroatoms. The maximum absolute atomic E-state index is 5.20. The second-order valence-corrected chi connectivity index (χ2v) is 6.31. The highest BCUT2D eigenvalue weighted by atomic mass is 32.1. The second-order valence-electron chi connectivity index (χ2n) is 5.25. The number of hydrogen-bond donors (Lipinski definition) is 1. The largest absolute Gasteiger partial charge is 0.497 e. The molecule has 0 aliphatic carbocycles. The quantitative estimate of drug-likeness (QED) is 0.881. The van der Waals surface area contributed by atoms with Gasteiger partial charge in [0.2, 0.25) is 0 Å². The number of benzene rings is 1. The van der Waals surface area contributed by atoms with Gasteiger partial charge in [0.15, 0.2) is 5.13 Å². The Morgan fingerprint density at radius 2 is 1.95 bits per heavy atom. The fourth-order valence-electron chi connectivity index (χ4n) is 2.15. The highest BCUT2D eigenvalue weighted by Gasteiger charge is 2.16. The van der Waals surface area contributed by atoms with Crippen molar-refractivity contribution in [3.05, 3.63) is 34.8 Å². The molecule has 2 rings (SSSR count). The van der Waals surface area contributed by atoms with Crippen molar-refractivity contribution in [2.75, 3.05) is 26.1 Å². The molecule has 2 aromatic rings. The molecule has 0 amide bonds. The Balaban J connectivity index is 2.29. The van der Waals surface area contributed by atoms with Crippen molar-refractivity contribution in [2.45, 2.75) is 26.3 Å². The van der Waals surface area contributed by atoms with Gasteiger partial charge in [-0.2, -0.15) is 0 Å². The number of nitrogens with one attached hydrogen (secondary N) is 1. The first-order chi connectivity index (χ1) is 10.1. The molecular weight excluding hydrogens is 282 g/mol. The molecule has 1 N–H and O–H groups in total. The summed E-state index contributed by atoms with van der Waals surface area (Å²) in [6.45, 7) is 5.23. The van der Waals surface area contributed by atoms with Crippen molar-refractivity contribution in [1.82, 2.24) is 10.3 Å². The lowest BCUT2D eigenvalue weighted by molar-refractivity contribution is 0.415. The minimum atomic E-state index is 0.433. The van der Waals surface area contributed by atoms with Crippen LogP contribution in [-0.2, 0) is 6.54 Å². The Morgan fingerprint density at radius 3 is 2.48 bits per heavy atom. The summed E-state index contributed by atoms with van der Waals surface area (Å²) >= 11 is 1.75. The molecule has 1 aromatic heterocycles. The average molecular weight is 305 g/mol. The van der Waals surface area contributed by atoms with Gasteiger partial charge in [0.1, 0.15) is 5.75 Å². The minimum Gasteiger partial charge on any atom is -0.497 e. The smallest absolute Gasteiger partial charge is 0.190 e. The zero-order chi connectivity index (χ0) is 15.4. The number of aromatic nitrogens is 1. The summed E-state index contributed by atoms with van der Waals surface area (Å²) in [5.41, 5.74) is 2.29. The van der Waals surface area contributed by atoms with E-state index in [4.69, 9.17) is 9.72 Å². The third kappa shape index (κ3) is 3.54. The van der Waals surface area contributed by atoms with Crippen LogP contribution in [0.3, 0.4) is 0 Å². The topological polar surface area (TPSA) is 37.4 Å². The third-order valence-corrected chi connectivity index (χ3v) is 4.49. The summed E-state index contributed by atoms with van der Waals surface area (Å²) < 4.78 is 5.20. The van der Waals surface area contributed by atoms with Gasteiger partial charge in [0.05, 0.1) is 12.8 Å². The van der Waals surface area contributed by atoms with Crippen molar-refractivity contribution in [3.63, 3.8) is 0 Å². The fraction of sp³-hybridized carbons (Fsp3) is 0.438. The first kappa shape index (κ1) is 15.8. The van der Waals surface area contributed by atoms with Gasteiger partial charge >= 0.3 is 0 Å². The first-order valence-corrected chi connectivity index (χ1v) is 7.90. The molecule has 0 unspecified atom stereocenters. The summed E-state index contributed by atoms with van der Waals surface area (Å²) in [7, 11) is 5.70. The molecule has 1 heterocycles. The molecule has 0 radical (unpaired) electrons. The highest BCUT2D eigenvalue weighted by molar-refractivity contribution is 7.15. The van der Waals surface area contributed by atoms with Crippen molar-refractivity contribution < 1.29 is 4.74 Å². The molecule has 0 fully saturated rings. The van der Waals surface area contributed by atoms with Crippen LogP contribution >= 0.6 is 11.3 Å². The van der Waals surface area contributed by atoms with Crippen molar-refractivity contribution >= 4 is 22.2 Å². The summed E-state index contributed by atoms with van der Waals surface area (Å²) in [4.78, 5) is 8.25.